The van der Waals surface area contributed by atoms with Gasteiger partial charge in [0.1, 0.15) is 12.5 Å². The third kappa shape index (κ3) is 1.76. The summed E-state index contributed by atoms with van der Waals surface area (Å²) in [6, 6.07) is 1.59. The van der Waals surface area contributed by atoms with Gasteiger partial charge in [0, 0.05) is 4.47 Å². The molecule has 0 aromatic carbocycles. The molecule has 0 unspecified atom stereocenters. The lowest BCUT2D eigenvalue weighted by Gasteiger charge is -2.06. The maximum atomic E-state index is 12.4. The van der Waals surface area contributed by atoms with Crippen LogP contribution in [0, 0.1) is 0 Å². The second-order valence-electron chi connectivity index (χ2n) is 2.54. The van der Waals surface area contributed by atoms with Crippen molar-refractivity contribution in [3.05, 3.63) is 32.8 Å². The Labute approximate surface area is 91.3 Å². The number of hydrogen-bond donors (Lipinski definition) is 0. The van der Waals surface area contributed by atoms with E-state index >= 15 is 0 Å². The molecule has 1 aromatic heterocycles. The predicted octanol–water partition coefficient (Wildman–Crippen LogP) is 3.96. The van der Waals surface area contributed by atoms with Crippen molar-refractivity contribution in [3.63, 3.8) is 0 Å². The van der Waals surface area contributed by atoms with E-state index in [9.17, 15) is 8.78 Å². The van der Waals surface area contributed by atoms with Gasteiger partial charge >= 0.3 is 0 Å². The van der Waals surface area contributed by atoms with Crippen molar-refractivity contribution in [2.45, 2.75) is 12.7 Å². The molecule has 2 rings (SSSR count). The molecule has 0 spiro atoms. The first-order chi connectivity index (χ1) is 6.68. The van der Waals surface area contributed by atoms with Gasteiger partial charge in [0.05, 0.1) is 9.75 Å². The van der Waals surface area contributed by atoms with Gasteiger partial charge in [-0.15, -0.1) is 11.3 Å². The second-order valence-corrected chi connectivity index (χ2v) is 4.51. The van der Waals surface area contributed by atoms with E-state index in [0.29, 0.717) is 9.35 Å². The predicted molar refractivity (Wildman–Crippen MR) is 51.0 cm³/mol. The van der Waals surface area contributed by atoms with Crippen LogP contribution in [0.15, 0.2) is 23.1 Å². The van der Waals surface area contributed by atoms with E-state index in [1.807, 2.05) is 0 Å². The third-order valence-electron chi connectivity index (χ3n) is 1.62. The summed E-state index contributed by atoms with van der Waals surface area (Å²) in [6.07, 6.45) is -0.276. The van der Waals surface area contributed by atoms with Crippen LogP contribution in [0.4, 0.5) is 8.78 Å². The van der Waals surface area contributed by atoms with Gasteiger partial charge in [-0.3, -0.25) is 0 Å². The van der Waals surface area contributed by atoms with Crippen LogP contribution >= 0.6 is 27.3 Å². The van der Waals surface area contributed by atoms with Crippen LogP contribution in [0.2, 0.25) is 0 Å². The molecule has 0 saturated carbocycles. The van der Waals surface area contributed by atoms with Gasteiger partial charge < -0.3 is 9.47 Å². The van der Waals surface area contributed by atoms with Gasteiger partial charge in [-0.05, 0) is 22.0 Å². The summed E-state index contributed by atoms with van der Waals surface area (Å²) in [5, 5.41) is 0. The van der Waals surface area contributed by atoms with Crippen molar-refractivity contribution < 1.29 is 18.3 Å². The molecule has 2 heterocycles. The van der Waals surface area contributed by atoms with Gasteiger partial charge in [0.2, 0.25) is 0 Å². The minimum Gasteiger partial charge on any atom is -0.454 e. The highest BCUT2D eigenvalue weighted by molar-refractivity contribution is 9.10. The maximum Gasteiger partial charge on any atom is 0.275 e. The Morgan fingerprint density at radius 3 is 2.50 bits per heavy atom. The van der Waals surface area contributed by atoms with Gasteiger partial charge in [-0.1, -0.05) is 0 Å². The molecule has 1 aliphatic heterocycles. The second kappa shape index (κ2) is 3.86. The Hall–Kier alpha value is -0.620. The van der Waals surface area contributed by atoms with Gasteiger partial charge in [-0.2, -0.15) is 0 Å². The fourth-order valence-electron chi connectivity index (χ4n) is 1.04. The zero-order chi connectivity index (χ0) is 10.1. The number of rotatable bonds is 2. The Bertz CT molecular complexity index is 356. The highest BCUT2D eigenvalue weighted by Gasteiger charge is 2.23. The Kier molecular flexibility index (Phi) is 2.73. The standard InChI is InChI=1S/C8H5BrF2O2S/c9-4-3-5(8-12-1-2-13-8)14-6(4)7(10)11/h1-3,7-8H. The van der Waals surface area contributed by atoms with Crippen LogP contribution in [0.5, 0.6) is 0 Å². The van der Waals surface area contributed by atoms with E-state index in [-0.39, 0.29) is 4.88 Å². The fourth-order valence-corrected chi connectivity index (χ4v) is 2.74. The molecule has 6 heteroatoms. The first-order valence-corrected chi connectivity index (χ1v) is 5.32. The fraction of sp³-hybridized carbons (Fsp3) is 0.250. The number of thiophene rings is 1. The maximum absolute atomic E-state index is 12.4. The Morgan fingerprint density at radius 2 is 2.00 bits per heavy atom. The summed E-state index contributed by atoms with van der Waals surface area (Å²) in [7, 11) is 0. The van der Waals surface area contributed by atoms with Crippen molar-refractivity contribution in [2.75, 3.05) is 0 Å². The van der Waals surface area contributed by atoms with E-state index in [0.717, 1.165) is 11.3 Å². The lowest BCUT2D eigenvalue weighted by molar-refractivity contribution is -0.0217. The van der Waals surface area contributed by atoms with Gasteiger partial charge in [0.15, 0.2) is 0 Å². The molecule has 1 aromatic rings. The largest absolute Gasteiger partial charge is 0.454 e. The Morgan fingerprint density at radius 1 is 1.36 bits per heavy atom. The summed E-state index contributed by atoms with van der Waals surface area (Å²) >= 11 is 4.04. The summed E-state index contributed by atoms with van der Waals surface area (Å²) in [5.74, 6) is 0. The smallest absolute Gasteiger partial charge is 0.275 e. The molecule has 2 nitrogen and oxygen atoms in total. The molecule has 0 aliphatic carbocycles. The SMILES string of the molecule is FC(F)c1sc(C2OC=CO2)cc1Br. The molecular formula is C8H5BrF2O2S. The van der Waals surface area contributed by atoms with Crippen LogP contribution < -0.4 is 0 Å². The van der Waals surface area contributed by atoms with E-state index in [2.05, 4.69) is 15.9 Å². The summed E-state index contributed by atoms with van der Waals surface area (Å²) in [4.78, 5) is 0.622. The highest BCUT2D eigenvalue weighted by Crippen LogP contribution is 2.39. The molecule has 76 valence electrons. The highest BCUT2D eigenvalue weighted by atomic mass is 79.9. The van der Waals surface area contributed by atoms with Crippen molar-refractivity contribution in [3.8, 4) is 0 Å². The zero-order valence-electron chi connectivity index (χ0n) is 6.75. The lowest BCUT2D eigenvalue weighted by atomic mass is 10.4. The average molecular weight is 283 g/mol. The zero-order valence-corrected chi connectivity index (χ0v) is 9.15. The topological polar surface area (TPSA) is 18.5 Å². The van der Waals surface area contributed by atoms with Gasteiger partial charge in [-0.25, -0.2) is 8.78 Å². The van der Waals surface area contributed by atoms with Crippen molar-refractivity contribution in [2.24, 2.45) is 0 Å². The summed E-state index contributed by atoms with van der Waals surface area (Å²) in [6.45, 7) is 0. The molecule has 0 atom stereocenters. The van der Waals surface area contributed by atoms with E-state index < -0.39 is 12.7 Å². The Balaban J connectivity index is 2.23. The minimum atomic E-state index is -2.47. The van der Waals surface area contributed by atoms with Crippen LogP contribution in [-0.4, -0.2) is 0 Å². The van der Waals surface area contributed by atoms with Crippen molar-refractivity contribution >= 4 is 27.3 Å². The van der Waals surface area contributed by atoms with Crippen LogP contribution in [-0.2, 0) is 9.47 Å². The molecular weight excluding hydrogens is 278 g/mol. The molecule has 0 saturated heterocycles. The molecule has 0 bridgehead atoms. The number of hydrogen-bond acceptors (Lipinski definition) is 3. The first kappa shape index (κ1) is 9.92. The molecule has 1 aliphatic rings. The third-order valence-corrected chi connectivity index (χ3v) is 3.71. The molecule has 0 radical (unpaired) electrons. The van der Waals surface area contributed by atoms with Crippen LogP contribution in [0.1, 0.15) is 22.5 Å². The normalized spacial score (nSPS) is 16.0. The average Bonchev–Trinajstić information content (AvgIpc) is 2.70. The minimum absolute atomic E-state index is 0.000833. The van der Waals surface area contributed by atoms with E-state index in [1.54, 1.807) is 6.07 Å². The molecule has 0 fully saturated rings. The monoisotopic (exact) mass is 282 g/mol. The first-order valence-electron chi connectivity index (χ1n) is 3.71. The van der Waals surface area contributed by atoms with Gasteiger partial charge in [0.25, 0.3) is 12.7 Å². The summed E-state index contributed by atoms with van der Waals surface area (Å²) in [5.41, 5.74) is 0. The summed E-state index contributed by atoms with van der Waals surface area (Å²) < 4.78 is 35.3. The lowest BCUT2D eigenvalue weighted by Crippen LogP contribution is -1.93. The van der Waals surface area contributed by atoms with Crippen LogP contribution in [0.3, 0.4) is 0 Å². The number of ether oxygens (including phenoxy) is 2. The molecule has 0 N–H and O–H groups in total. The van der Waals surface area contributed by atoms with Crippen molar-refractivity contribution in [1.82, 2.24) is 0 Å². The van der Waals surface area contributed by atoms with Crippen molar-refractivity contribution in [1.29, 1.82) is 0 Å². The van der Waals surface area contributed by atoms with E-state index in [4.69, 9.17) is 9.47 Å². The van der Waals surface area contributed by atoms with E-state index in [1.165, 1.54) is 12.5 Å². The number of halogens is 3. The van der Waals surface area contributed by atoms with Crippen LogP contribution in [0.25, 0.3) is 0 Å². The number of alkyl halides is 2. The quantitative estimate of drug-likeness (QED) is 0.817. The molecule has 14 heavy (non-hydrogen) atoms. The molecule has 0 amide bonds.